The minimum absolute atomic E-state index is 0.143. The first-order chi connectivity index (χ1) is 10.9. The maximum atomic E-state index is 12.2. The zero-order chi connectivity index (χ0) is 16.8. The number of hydrogen-bond acceptors (Lipinski definition) is 4. The maximum Gasteiger partial charge on any atom is 0.236 e. The molecule has 0 bridgehead atoms. The van der Waals surface area contributed by atoms with Crippen LogP contribution in [0.2, 0.25) is 0 Å². The molecule has 128 valence electrons. The third-order valence-corrected chi connectivity index (χ3v) is 4.31. The number of carbonyl (C=O) groups excluding carboxylic acids is 1. The highest BCUT2D eigenvalue weighted by Crippen LogP contribution is 2.16. The number of nitrogens with zero attached hydrogens (tertiary/aromatic N) is 2. The molecule has 0 unspecified atom stereocenters. The molecular weight excluding hydrogens is 290 g/mol. The van der Waals surface area contributed by atoms with E-state index in [-0.39, 0.29) is 5.91 Å². The molecular formula is C18H29N3O2. The van der Waals surface area contributed by atoms with Crippen molar-refractivity contribution in [1.29, 1.82) is 0 Å². The fourth-order valence-electron chi connectivity index (χ4n) is 2.86. The Bertz CT molecular complexity index is 505. The van der Waals surface area contributed by atoms with E-state index in [4.69, 9.17) is 10.5 Å². The molecule has 1 aromatic rings. The van der Waals surface area contributed by atoms with Gasteiger partial charge in [0.2, 0.25) is 5.91 Å². The van der Waals surface area contributed by atoms with Gasteiger partial charge in [0.05, 0.1) is 13.1 Å². The Hall–Kier alpha value is -1.59. The van der Waals surface area contributed by atoms with E-state index in [2.05, 4.69) is 24.8 Å². The Kier molecular flexibility index (Phi) is 6.42. The third kappa shape index (κ3) is 5.84. The number of ether oxygens (including phenoxy) is 1. The number of amides is 1. The molecule has 1 aliphatic heterocycles. The molecule has 0 aromatic heterocycles. The van der Waals surface area contributed by atoms with Gasteiger partial charge in [-0.2, -0.15) is 0 Å². The summed E-state index contributed by atoms with van der Waals surface area (Å²) in [6, 6.07) is 6.45. The van der Waals surface area contributed by atoms with Crippen LogP contribution in [0.3, 0.4) is 0 Å². The maximum absolute atomic E-state index is 12.2. The van der Waals surface area contributed by atoms with E-state index >= 15 is 0 Å². The minimum atomic E-state index is 0.143. The average Bonchev–Trinajstić information content (AvgIpc) is 2.48. The van der Waals surface area contributed by atoms with Crippen molar-refractivity contribution in [3.8, 4) is 5.75 Å². The number of hydrogen-bond donors (Lipinski definition) is 1. The van der Waals surface area contributed by atoms with E-state index in [1.165, 1.54) is 11.1 Å². The number of likely N-dealkylation sites (tertiary alicyclic amines) is 1. The number of nitrogens with two attached hydrogens (primary N) is 1. The van der Waals surface area contributed by atoms with Gasteiger partial charge in [0.25, 0.3) is 0 Å². The second-order valence-electron chi connectivity index (χ2n) is 6.60. The Labute approximate surface area is 139 Å². The summed E-state index contributed by atoms with van der Waals surface area (Å²) in [5.74, 6) is 1.01. The molecule has 5 nitrogen and oxygen atoms in total. The van der Waals surface area contributed by atoms with Gasteiger partial charge in [-0.1, -0.05) is 6.07 Å². The molecule has 0 radical (unpaired) electrons. The van der Waals surface area contributed by atoms with Crippen LogP contribution in [0.1, 0.15) is 24.0 Å². The first kappa shape index (κ1) is 17.8. The lowest BCUT2D eigenvalue weighted by Gasteiger charge is -2.30. The van der Waals surface area contributed by atoms with Crippen LogP contribution in [0.5, 0.6) is 5.75 Å². The van der Waals surface area contributed by atoms with Gasteiger partial charge in [-0.05, 0) is 49.9 Å². The quantitative estimate of drug-likeness (QED) is 0.864. The molecule has 0 atom stereocenters. The van der Waals surface area contributed by atoms with E-state index in [1.807, 2.05) is 19.2 Å². The van der Waals surface area contributed by atoms with E-state index < -0.39 is 0 Å². The Morgan fingerprint density at radius 3 is 2.48 bits per heavy atom. The molecule has 1 saturated heterocycles. The highest BCUT2D eigenvalue weighted by molar-refractivity contribution is 5.78. The number of aryl methyl sites for hydroxylation is 2. The van der Waals surface area contributed by atoms with Crippen molar-refractivity contribution in [3.63, 3.8) is 0 Å². The Balaban J connectivity index is 1.71. The van der Waals surface area contributed by atoms with Crippen LogP contribution in [0.4, 0.5) is 0 Å². The summed E-state index contributed by atoms with van der Waals surface area (Å²) in [7, 11) is 1.84. The lowest BCUT2D eigenvalue weighted by atomic mass is 10.1. The van der Waals surface area contributed by atoms with Crippen molar-refractivity contribution in [1.82, 2.24) is 9.80 Å². The lowest BCUT2D eigenvalue weighted by molar-refractivity contribution is -0.131. The SMILES string of the molecule is Cc1cc(C)cc(OCCN(C)C(=O)CN2CCC(N)CC2)c1. The molecule has 5 heteroatoms. The highest BCUT2D eigenvalue weighted by atomic mass is 16.5. The van der Waals surface area contributed by atoms with Crippen molar-refractivity contribution in [3.05, 3.63) is 29.3 Å². The van der Waals surface area contributed by atoms with Crippen LogP contribution < -0.4 is 10.5 Å². The van der Waals surface area contributed by atoms with Gasteiger partial charge in [0.15, 0.2) is 0 Å². The molecule has 23 heavy (non-hydrogen) atoms. The second-order valence-corrected chi connectivity index (χ2v) is 6.60. The van der Waals surface area contributed by atoms with Gasteiger partial charge in [-0.3, -0.25) is 9.69 Å². The number of rotatable bonds is 6. The van der Waals surface area contributed by atoms with E-state index in [1.54, 1.807) is 4.90 Å². The van der Waals surface area contributed by atoms with E-state index in [0.717, 1.165) is 31.7 Å². The standard InChI is InChI=1S/C18H29N3O2/c1-14-10-15(2)12-17(11-14)23-9-8-20(3)18(22)13-21-6-4-16(19)5-7-21/h10-12,16H,4-9,13,19H2,1-3H3. The van der Waals surface area contributed by atoms with Gasteiger partial charge >= 0.3 is 0 Å². The third-order valence-electron chi connectivity index (χ3n) is 4.31. The predicted molar refractivity (Wildman–Crippen MR) is 92.7 cm³/mol. The molecule has 2 rings (SSSR count). The Morgan fingerprint density at radius 1 is 1.26 bits per heavy atom. The van der Waals surface area contributed by atoms with Crippen LogP contribution in [0, 0.1) is 13.8 Å². The molecule has 1 aliphatic rings. The molecule has 0 spiro atoms. The molecule has 1 fully saturated rings. The minimum Gasteiger partial charge on any atom is -0.492 e. The van der Waals surface area contributed by atoms with Gasteiger partial charge < -0.3 is 15.4 Å². The first-order valence-electron chi connectivity index (χ1n) is 8.37. The molecule has 1 aromatic carbocycles. The fourth-order valence-corrected chi connectivity index (χ4v) is 2.86. The number of likely N-dealkylation sites (N-methyl/N-ethyl adjacent to an activating group) is 1. The monoisotopic (exact) mass is 319 g/mol. The van der Waals surface area contributed by atoms with Crippen LogP contribution in [-0.2, 0) is 4.79 Å². The van der Waals surface area contributed by atoms with Crippen molar-refractivity contribution in [2.24, 2.45) is 5.73 Å². The summed E-state index contributed by atoms with van der Waals surface area (Å²) in [6.07, 6.45) is 1.96. The zero-order valence-corrected chi connectivity index (χ0v) is 14.5. The van der Waals surface area contributed by atoms with E-state index in [0.29, 0.717) is 25.7 Å². The number of carbonyl (C=O) groups is 1. The van der Waals surface area contributed by atoms with Crippen molar-refractivity contribution >= 4 is 5.91 Å². The lowest BCUT2D eigenvalue weighted by Crippen LogP contribution is -2.45. The van der Waals surface area contributed by atoms with Crippen LogP contribution in [0.25, 0.3) is 0 Å². The summed E-state index contributed by atoms with van der Waals surface area (Å²) in [6.45, 7) is 7.53. The van der Waals surface area contributed by atoms with Crippen molar-refractivity contribution in [2.75, 3.05) is 39.8 Å². The zero-order valence-electron chi connectivity index (χ0n) is 14.5. The predicted octanol–water partition coefficient (Wildman–Crippen LogP) is 1.56. The topological polar surface area (TPSA) is 58.8 Å². The van der Waals surface area contributed by atoms with Crippen LogP contribution in [0.15, 0.2) is 18.2 Å². The van der Waals surface area contributed by atoms with Gasteiger partial charge in [0.1, 0.15) is 12.4 Å². The number of benzene rings is 1. The summed E-state index contributed by atoms with van der Waals surface area (Å²) in [5.41, 5.74) is 8.27. The molecule has 1 amide bonds. The van der Waals surface area contributed by atoms with Crippen LogP contribution in [-0.4, -0.2) is 61.6 Å². The number of piperidine rings is 1. The van der Waals surface area contributed by atoms with Crippen molar-refractivity contribution < 1.29 is 9.53 Å². The van der Waals surface area contributed by atoms with Crippen molar-refractivity contribution in [2.45, 2.75) is 32.7 Å². The first-order valence-corrected chi connectivity index (χ1v) is 8.37. The smallest absolute Gasteiger partial charge is 0.236 e. The normalized spacial score (nSPS) is 16.3. The summed E-state index contributed by atoms with van der Waals surface area (Å²) >= 11 is 0. The average molecular weight is 319 g/mol. The van der Waals surface area contributed by atoms with Gasteiger partial charge in [-0.25, -0.2) is 0 Å². The Morgan fingerprint density at radius 2 is 1.87 bits per heavy atom. The summed E-state index contributed by atoms with van der Waals surface area (Å²) in [4.78, 5) is 16.2. The summed E-state index contributed by atoms with van der Waals surface area (Å²) in [5, 5.41) is 0. The van der Waals surface area contributed by atoms with Gasteiger partial charge in [-0.15, -0.1) is 0 Å². The van der Waals surface area contributed by atoms with Gasteiger partial charge in [0, 0.05) is 26.2 Å². The molecule has 1 heterocycles. The van der Waals surface area contributed by atoms with Crippen LogP contribution >= 0.6 is 0 Å². The van der Waals surface area contributed by atoms with E-state index in [9.17, 15) is 4.79 Å². The second kappa shape index (κ2) is 8.31. The highest BCUT2D eigenvalue weighted by Gasteiger charge is 2.19. The molecule has 0 saturated carbocycles. The molecule has 0 aliphatic carbocycles. The fraction of sp³-hybridized carbons (Fsp3) is 0.611. The summed E-state index contributed by atoms with van der Waals surface area (Å²) < 4.78 is 5.77. The molecule has 2 N–H and O–H groups in total. The largest absolute Gasteiger partial charge is 0.492 e.